The fourth-order valence-corrected chi connectivity index (χ4v) is 2.77. The molecule has 2 amide bonds. The van der Waals surface area contributed by atoms with E-state index < -0.39 is 30.1 Å². The molecule has 0 aliphatic carbocycles. The van der Waals surface area contributed by atoms with Crippen LogP contribution < -0.4 is 10.6 Å². The highest BCUT2D eigenvalue weighted by Gasteiger charge is 2.29. The van der Waals surface area contributed by atoms with Crippen LogP contribution in [-0.2, 0) is 32.3 Å². The third kappa shape index (κ3) is 8.12. The topological polar surface area (TPSA) is 93.7 Å². The molecule has 31 heavy (non-hydrogen) atoms. The summed E-state index contributed by atoms with van der Waals surface area (Å²) >= 11 is 0. The summed E-state index contributed by atoms with van der Waals surface area (Å²) in [4.78, 5) is 37.2. The maximum atomic E-state index is 12.6. The monoisotopic (exact) mass is 426 g/mol. The Morgan fingerprint density at radius 1 is 0.806 bits per heavy atom. The van der Waals surface area contributed by atoms with Crippen molar-refractivity contribution in [3.8, 4) is 0 Å². The van der Waals surface area contributed by atoms with Crippen LogP contribution >= 0.6 is 0 Å². The van der Waals surface area contributed by atoms with E-state index in [2.05, 4.69) is 10.6 Å². The number of ether oxygens (including phenoxy) is 2. The summed E-state index contributed by atoms with van der Waals surface area (Å²) in [5.41, 5.74) is 1.70. The second-order valence-electron chi connectivity index (χ2n) is 7.39. The molecule has 2 aromatic rings. The Morgan fingerprint density at radius 2 is 1.32 bits per heavy atom. The Morgan fingerprint density at radius 3 is 1.84 bits per heavy atom. The lowest BCUT2D eigenvalue weighted by Gasteiger charge is -2.24. The molecule has 166 valence electrons. The van der Waals surface area contributed by atoms with Gasteiger partial charge in [0.1, 0.15) is 25.3 Å². The van der Waals surface area contributed by atoms with Gasteiger partial charge in [0.2, 0.25) is 5.91 Å². The Hall–Kier alpha value is -3.35. The zero-order chi connectivity index (χ0) is 22.6. The Bertz CT molecular complexity index is 842. The Labute approximate surface area is 183 Å². The minimum Gasteiger partial charge on any atom is -0.459 e. The molecule has 0 radical (unpaired) electrons. The molecule has 0 unspecified atom stereocenters. The van der Waals surface area contributed by atoms with Crippen LogP contribution in [-0.4, -0.2) is 30.1 Å². The molecule has 0 fully saturated rings. The van der Waals surface area contributed by atoms with E-state index in [-0.39, 0.29) is 19.1 Å². The number of carbonyl (C=O) groups is 3. The number of amides is 2. The molecule has 2 aromatic carbocycles. The summed E-state index contributed by atoms with van der Waals surface area (Å²) in [5.74, 6) is -1.13. The standard InChI is InChI=1S/C24H30N2O5/c1-4-17(2)21(23(28)30-15-19-11-7-5-8-12-19)26-22(27)18(3)25-24(29)31-16-20-13-9-6-10-14-20/h5-14,17-18,21H,4,15-16H2,1-3H3,(H,25,29)(H,26,27)/t17-,18+,21+/m0/s1. The smallest absolute Gasteiger partial charge is 0.408 e. The predicted molar refractivity (Wildman–Crippen MR) is 117 cm³/mol. The highest BCUT2D eigenvalue weighted by molar-refractivity contribution is 5.89. The molecule has 3 atom stereocenters. The fraction of sp³-hybridized carbons (Fsp3) is 0.375. The molecule has 0 spiro atoms. The van der Waals surface area contributed by atoms with Gasteiger partial charge in [-0.3, -0.25) is 4.79 Å². The van der Waals surface area contributed by atoms with Crippen molar-refractivity contribution in [2.45, 2.75) is 52.5 Å². The van der Waals surface area contributed by atoms with Gasteiger partial charge in [-0.25, -0.2) is 9.59 Å². The number of esters is 1. The van der Waals surface area contributed by atoms with Crippen molar-refractivity contribution >= 4 is 18.0 Å². The summed E-state index contributed by atoms with van der Waals surface area (Å²) in [5, 5.41) is 5.18. The zero-order valence-corrected chi connectivity index (χ0v) is 18.2. The fourth-order valence-electron chi connectivity index (χ4n) is 2.77. The summed E-state index contributed by atoms with van der Waals surface area (Å²) in [6.45, 7) is 5.55. The van der Waals surface area contributed by atoms with Gasteiger partial charge in [-0.2, -0.15) is 0 Å². The van der Waals surface area contributed by atoms with E-state index in [1.54, 1.807) is 0 Å². The summed E-state index contributed by atoms with van der Waals surface area (Å²) in [6.07, 6.45) is -0.0370. The number of nitrogens with one attached hydrogen (secondary N) is 2. The number of hydrogen-bond acceptors (Lipinski definition) is 5. The largest absolute Gasteiger partial charge is 0.459 e. The van der Waals surface area contributed by atoms with E-state index in [1.165, 1.54) is 6.92 Å². The first-order valence-electron chi connectivity index (χ1n) is 10.4. The van der Waals surface area contributed by atoms with E-state index >= 15 is 0 Å². The van der Waals surface area contributed by atoms with Gasteiger partial charge >= 0.3 is 12.1 Å². The van der Waals surface area contributed by atoms with Gasteiger partial charge in [-0.05, 0) is 24.0 Å². The molecule has 0 aliphatic heterocycles. The van der Waals surface area contributed by atoms with E-state index in [0.29, 0.717) is 6.42 Å². The van der Waals surface area contributed by atoms with Crippen LogP contribution in [0, 0.1) is 5.92 Å². The summed E-state index contributed by atoms with van der Waals surface area (Å²) in [6, 6.07) is 16.9. The van der Waals surface area contributed by atoms with Crippen LogP contribution in [0.4, 0.5) is 4.79 Å². The first kappa shape index (κ1) is 23.9. The number of carbonyl (C=O) groups excluding carboxylic acids is 3. The lowest BCUT2D eigenvalue weighted by Crippen LogP contribution is -2.52. The average molecular weight is 427 g/mol. The van der Waals surface area contributed by atoms with E-state index in [4.69, 9.17) is 9.47 Å². The first-order valence-corrected chi connectivity index (χ1v) is 10.4. The minimum absolute atomic E-state index is 0.0995. The van der Waals surface area contributed by atoms with E-state index in [1.807, 2.05) is 74.5 Å². The SMILES string of the molecule is CC[C@H](C)[C@@H](NC(=O)[C@@H](C)NC(=O)OCc1ccccc1)C(=O)OCc1ccccc1. The van der Waals surface area contributed by atoms with Gasteiger partial charge in [0.25, 0.3) is 0 Å². The third-order valence-electron chi connectivity index (χ3n) is 4.93. The van der Waals surface area contributed by atoms with Gasteiger partial charge in [0.05, 0.1) is 0 Å². The quantitative estimate of drug-likeness (QED) is 0.567. The number of hydrogen-bond donors (Lipinski definition) is 2. The summed E-state index contributed by atoms with van der Waals surface area (Å²) in [7, 11) is 0. The molecule has 0 aromatic heterocycles. The first-order chi connectivity index (χ1) is 14.9. The maximum absolute atomic E-state index is 12.6. The van der Waals surface area contributed by atoms with Gasteiger partial charge in [0.15, 0.2) is 0 Å². The maximum Gasteiger partial charge on any atom is 0.408 e. The molecule has 0 saturated carbocycles. The van der Waals surface area contributed by atoms with E-state index in [9.17, 15) is 14.4 Å². The van der Waals surface area contributed by atoms with Crippen molar-refractivity contribution in [3.63, 3.8) is 0 Å². The molecule has 0 bridgehead atoms. The molecular weight excluding hydrogens is 396 g/mol. The van der Waals surface area contributed by atoms with Crippen LogP contribution in [0.25, 0.3) is 0 Å². The number of rotatable bonds is 10. The second-order valence-corrected chi connectivity index (χ2v) is 7.39. The predicted octanol–water partition coefficient (Wildman–Crippen LogP) is 3.58. The van der Waals surface area contributed by atoms with Crippen LogP contribution in [0.1, 0.15) is 38.3 Å². The van der Waals surface area contributed by atoms with Crippen LogP contribution in [0.15, 0.2) is 60.7 Å². The van der Waals surface area contributed by atoms with Crippen LogP contribution in [0.5, 0.6) is 0 Å². The van der Waals surface area contributed by atoms with E-state index in [0.717, 1.165) is 11.1 Å². The van der Waals surface area contributed by atoms with Crippen molar-refractivity contribution in [2.24, 2.45) is 5.92 Å². The highest BCUT2D eigenvalue weighted by Crippen LogP contribution is 2.12. The Balaban J connectivity index is 1.86. The van der Waals surface area contributed by atoms with Crippen molar-refractivity contribution in [2.75, 3.05) is 0 Å². The number of alkyl carbamates (subject to hydrolysis) is 1. The van der Waals surface area contributed by atoms with Gasteiger partial charge in [0, 0.05) is 0 Å². The molecule has 2 rings (SSSR count). The van der Waals surface area contributed by atoms with Crippen molar-refractivity contribution in [3.05, 3.63) is 71.8 Å². The van der Waals surface area contributed by atoms with Crippen LogP contribution in [0.3, 0.4) is 0 Å². The lowest BCUT2D eigenvalue weighted by molar-refractivity contribution is -0.150. The van der Waals surface area contributed by atoms with Crippen molar-refractivity contribution in [1.82, 2.24) is 10.6 Å². The van der Waals surface area contributed by atoms with Crippen LogP contribution in [0.2, 0.25) is 0 Å². The molecule has 7 nitrogen and oxygen atoms in total. The molecule has 0 heterocycles. The van der Waals surface area contributed by atoms with Crippen molar-refractivity contribution in [1.29, 1.82) is 0 Å². The van der Waals surface area contributed by atoms with Gasteiger partial charge in [-0.15, -0.1) is 0 Å². The lowest BCUT2D eigenvalue weighted by atomic mass is 9.99. The number of benzene rings is 2. The zero-order valence-electron chi connectivity index (χ0n) is 18.2. The second kappa shape index (κ2) is 12.4. The molecule has 7 heteroatoms. The van der Waals surface area contributed by atoms with Gasteiger partial charge in [-0.1, -0.05) is 80.9 Å². The molecule has 0 aliphatic rings. The van der Waals surface area contributed by atoms with Gasteiger partial charge < -0.3 is 20.1 Å². The summed E-state index contributed by atoms with van der Waals surface area (Å²) < 4.78 is 10.5. The molecular formula is C24H30N2O5. The Kier molecular flexibility index (Phi) is 9.55. The molecule has 0 saturated heterocycles. The normalized spacial score (nSPS) is 13.4. The van der Waals surface area contributed by atoms with Crippen molar-refractivity contribution < 1.29 is 23.9 Å². The average Bonchev–Trinajstić information content (AvgIpc) is 2.80. The minimum atomic E-state index is -0.878. The molecule has 2 N–H and O–H groups in total. The highest BCUT2D eigenvalue weighted by atomic mass is 16.5. The third-order valence-corrected chi connectivity index (χ3v) is 4.93.